The molecule has 2 heterocycles. The summed E-state index contributed by atoms with van der Waals surface area (Å²) in [5, 5.41) is 13.1. The van der Waals surface area contributed by atoms with Gasteiger partial charge in [-0.25, -0.2) is 0 Å². The largest absolute Gasteiger partial charge is 0.418 e. The Labute approximate surface area is 128 Å². The van der Waals surface area contributed by atoms with Crippen LogP contribution in [0.2, 0.25) is 0 Å². The Balaban J connectivity index is 1.86. The molecule has 0 radical (unpaired) electrons. The molecule has 1 unspecified atom stereocenters. The van der Waals surface area contributed by atoms with Gasteiger partial charge >= 0.3 is 0 Å². The first kappa shape index (κ1) is 14.2. The van der Waals surface area contributed by atoms with Gasteiger partial charge < -0.3 is 9.73 Å². The zero-order valence-corrected chi connectivity index (χ0v) is 13.1. The molecule has 1 aromatic carbocycles. The van der Waals surface area contributed by atoms with Gasteiger partial charge in [-0.1, -0.05) is 32.0 Å². The maximum atomic E-state index is 5.88. The number of benzene rings is 1. The van der Waals surface area contributed by atoms with E-state index >= 15 is 0 Å². The van der Waals surface area contributed by atoms with E-state index in [1.54, 1.807) is 11.3 Å². The molecule has 4 nitrogen and oxygen atoms in total. The third kappa shape index (κ3) is 2.99. The van der Waals surface area contributed by atoms with Crippen LogP contribution < -0.4 is 5.32 Å². The van der Waals surface area contributed by atoms with E-state index in [1.165, 1.54) is 10.1 Å². The Kier molecular flexibility index (Phi) is 4.31. The predicted molar refractivity (Wildman–Crippen MR) is 86.4 cm³/mol. The molecule has 0 amide bonds. The molecular formula is C16H19N3OS. The highest BCUT2D eigenvalue weighted by molar-refractivity contribution is 7.22. The Morgan fingerprint density at radius 3 is 2.86 bits per heavy atom. The first-order chi connectivity index (χ1) is 10.3. The fourth-order valence-electron chi connectivity index (χ4n) is 2.29. The normalized spacial score (nSPS) is 12.9. The molecule has 110 valence electrons. The monoisotopic (exact) mass is 301 g/mol. The molecule has 1 atom stereocenters. The molecule has 21 heavy (non-hydrogen) atoms. The van der Waals surface area contributed by atoms with Crippen LogP contribution in [0.4, 0.5) is 0 Å². The molecule has 0 fully saturated rings. The van der Waals surface area contributed by atoms with Crippen LogP contribution in [0.5, 0.6) is 0 Å². The van der Waals surface area contributed by atoms with Crippen molar-refractivity contribution in [2.75, 3.05) is 6.54 Å². The molecule has 3 aromatic rings. The molecule has 0 aliphatic heterocycles. The van der Waals surface area contributed by atoms with Crippen molar-refractivity contribution >= 4 is 21.4 Å². The summed E-state index contributed by atoms with van der Waals surface area (Å²) in [6, 6.07) is 10.5. The molecule has 0 saturated carbocycles. The maximum absolute atomic E-state index is 5.88. The van der Waals surface area contributed by atoms with Crippen molar-refractivity contribution in [3.05, 3.63) is 36.2 Å². The van der Waals surface area contributed by atoms with Crippen molar-refractivity contribution in [1.29, 1.82) is 0 Å². The lowest BCUT2D eigenvalue weighted by molar-refractivity contribution is 0.396. The molecule has 3 rings (SSSR count). The van der Waals surface area contributed by atoms with Crippen molar-refractivity contribution in [2.24, 2.45) is 0 Å². The number of thiophene rings is 1. The smallest absolute Gasteiger partial charge is 0.257 e. The number of fused-ring (bicyclic) bond motifs is 1. The third-order valence-electron chi connectivity index (χ3n) is 3.42. The van der Waals surface area contributed by atoms with E-state index in [1.807, 2.05) is 12.1 Å². The lowest BCUT2D eigenvalue weighted by Crippen LogP contribution is -2.21. The number of aromatic nitrogens is 2. The van der Waals surface area contributed by atoms with E-state index in [4.69, 9.17) is 4.42 Å². The Hall–Kier alpha value is -1.72. The number of hydrogen-bond acceptors (Lipinski definition) is 5. The molecule has 5 heteroatoms. The lowest BCUT2D eigenvalue weighted by Gasteiger charge is -2.11. The van der Waals surface area contributed by atoms with Crippen molar-refractivity contribution in [2.45, 2.75) is 32.7 Å². The van der Waals surface area contributed by atoms with E-state index < -0.39 is 0 Å². The second-order valence-electron chi connectivity index (χ2n) is 5.01. The van der Waals surface area contributed by atoms with Crippen molar-refractivity contribution in [3.8, 4) is 10.8 Å². The van der Waals surface area contributed by atoms with Gasteiger partial charge in [-0.15, -0.1) is 21.5 Å². The minimum atomic E-state index is 0.139. The minimum Gasteiger partial charge on any atom is -0.418 e. The average molecular weight is 301 g/mol. The topological polar surface area (TPSA) is 51.0 Å². The Morgan fingerprint density at radius 2 is 2.10 bits per heavy atom. The molecule has 0 aliphatic rings. The van der Waals surface area contributed by atoms with Gasteiger partial charge in [0.2, 0.25) is 5.89 Å². The van der Waals surface area contributed by atoms with Gasteiger partial charge in [-0.2, -0.15) is 0 Å². The summed E-state index contributed by atoms with van der Waals surface area (Å²) in [7, 11) is 0. The average Bonchev–Trinajstić information content (AvgIpc) is 3.14. The summed E-state index contributed by atoms with van der Waals surface area (Å²) in [5.41, 5.74) is 0. The van der Waals surface area contributed by atoms with Crippen molar-refractivity contribution in [3.63, 3.8) is 0 Å². The highest BCUT2D eigenvalue weighted by Gasteiger charge is 2.18. The van der Waals surface area contributed by atoms with Gasteiger partial charge in [-0.05, 0) is 36.9 Å². The number of nitrogens with one attached hydrogen (secondary N) is 1. The van der Waals surface area contributed by atoms with Gasteiger partial charge in [0.15, 0.2) is 0 Å². The molecule has 1 N–H and O–H groups in total. The van der Waals surface area contributed by atoms with Crippen LogP contribution in [0.15, 0.2) is 34.7 Å². The summed E-state index contributed by atoms with van der Waals surface area (Å²) < 4.78 is 7.11. The van der Waals surface area contributed by atoms with Gasteiger partial charge in [0.25, 0.3) is 5.89 Å². The highest BCUT2D eigenvalue weighted by Crippen LogP contribution is 2.33. The second kappa shape index (κ2) is 6.37. The van der Waals surface area contributed by atoms with Crippen LogP contribution >= 0.6 is 11.3 Å². The van der Waals surface area contributed by atoms with Gasteiger partial charge in [-0.3, -0.25) is 0 Å². The summed E-state index contributed by atoms with van der Waals surface area (Å²) in [6.45, 7) is 5.23. The standard InChI is InChI=1S/C16H19N3OS/c1-3-9-17-12(4-2)15-18-19-16(20-15)14-10-11-7-5-6-8-13(11)21-14/h5-8,10,12,17H,3-4,9H2,1-2H3. The quantitative estimate of drug-likeness (QED) is 0.733. The van der Waals surface area contributed by atoms with Crippen LogP contribution in [0.1, 0.15) is 38.6 Å². The van der Waals surface area contributed by atoms with Crippen LogP contribution in [0.25, 0.3) is 20.9 Å². The summed E-state index contributed by atoms with van der Waals surface area (Å²) in [5.74, 6) is 1.29. The Bertz CT molecular complexity index is 686. The molecular weight excluding hydrogens is 282 g/mol. The molecule has 2 aromatic heterocycles. The fraction of sp³-hybridized carbons (Fsp3) is 0.375. The summed E-state index contributed by atoms with van der Waals surface area (Å²) in [6.07, 6.45) is 2.03. The van der Waals surface area contributed by atoms with Crippen LogP contribution in [-0.2, 0) is 0 Å². The zero-order chi connectivity index (χ0) is 14.7. The molecule has 0 saturated heterocycles. The second-order valence-corrected chi connectivity index (χ2v) is 6.09. The summed E-state index contributed by atoms with van der Waals surface area (Å²) in [4.78, 5) is 1.03. The van der Waals surface area contributed by atoms with Crippen LogP contribution in [0.3, 0.4) is 0 Å². The minimum absolute atomic E-state index is 0.139. The van der Waals surface area contributed by atoms with E-state index in [-0.39, 0.29) is 6.04 Å². The number of nitrogens with zero attached hydrogens (tertiary/aromatic N) is 2. The highest BCUT2D eigenvalue weighted by atomic mass is 32.1. The first-order valence-electron chi connectivity index (χ1n) is 7.37. The SMILES string of the molecule is CCCNC(CC)c1nnc(-c2cc3ccccc3s2)o1. The molecule has 0 aliphatic carbocycles. The van der Waals surface area contributed by atoms with E-state index in [0.29, 0.717) is 11.8 Å². The van der Waals surface area contributed by atoms with Crippen LogP contribution in [0, 0.1) is 0 Å². The maximum Gasteiger partial charge on any atom is 0.257 e. The third-order valence-corrected chi connectivity index (χ3v) is 4.53. The van der Waals surface area contributed by atoms with Crippen molar-refractivity contribution < 1.29 is 4.42 Å². The lowest BCUT2D eigenvalue weighted by atomic mass is 10.2. The predicted octanol–water partition coefficient (Wildman–Crippen LogP) is 4.40. The number of hydrogen-bond donors (Lipinski definition) is 1. The van der Waals surface area contributed by atoms with Gasteiger partial charge in [0, 0.05) is 4.70 Å². The summed E-state index contributed by atoms with van der Waals surface area (Å²) >= 11 is 1.68. The van der Waals surface area contributed by atoms with Gasteiger partial charge in [0.1, 0.15) is 0 Å². The molecule has 0 spiro atoms. The van der Waals surface area contributed by atoms with E-state index in [2.05, 4.69) is 47.6 Å². The van der Waals surface area contributed by atoms with E-state index in [0.717, 1.165) is 24.3 Å². The van der Waals surface area contributed by atoms with Crippen LogP contribution in [-0.4, -0.2) is 16.7 Å². The van der Waals surface area contributed by atoms with E-state index in [9.17, 15) is 0 Å². The zero-order valence-electron chi connectivity index (χ0n) is 12.3. The fourth-order valence-corrected chi connectivity index (χ4v) is 3.27. The molecule has 0 bridgehead atoms. The van der Waals surface area contributed by atoms with Crippen molar-refractivity contribution in [1.82, 2.24) is 15.5 Å². The Morgan fingerprint density at radius 1 is 1.24 bits per heavy atom. The number of rotatable bonds is 6. The van der Waals surface area contributed by atoms with Gasteiger partial charge in [0.05, 0.1) is 10.9 Å². The first-order valence-corrected chi connectivity index (χ1v) is 8.19.